The average molecular weight is 435 g/mol. The zero-order valence-electron chi connectivity index (χ0n) is 17.8. The fourth-order valence-corrected chi connectivity index (χ4v) is 4.17. The molecule has 2 N–H and O–H groups in total. The van der Waals surface area contributed by atoms with Gasteiger partial charge < -0.3 is 24.6 Å². The fourth-order valence-electron chi connectivity index (χ4n) is 4.17. The Hall–Kier alpha value is -3.81. The average Bonchev–Trinajstić information content (AvgIpc) is 3.21. The molecule has 0 radical (unpaired) electrons. The summed E-state index contributed by atoms with van der Waals surface area (Å²) in [6.45, 7) is 1.10. The van der Waals surface area contributed by atoms with E-state index in [2.05, 4.69) is 4.98 Å². The summed E-state index contributed by atoms with van der Waals surface area (Å²) < 4.78 is 5.25. The van der Waals surface area contributed by atoms with E-state index in [-0.39, 0.29) is 11.8 Å². The number of amides is 2. The van der Waals surface area contributed by atoms with E-state index in [1.54, 1.807) is 42.3 Å². The maximum atomic E-state index is 13.2. The lowest BCUT2D eigenvalue weighted by Crippen LogP contribution is -2.59. The quantitative estimate of drug-likeness (QED) is 0.594. The standard InChI is InChI=1S/C24H25N3O5/c1-32-18-7-8-19-17(15-25-20(19)13-18)9-10-26-11-12-27(21(24(26)31)14-22(28)29)23(30)16-5-3-2-4-6-16/h2-8,13,15,21,25H,9-12,14H2,1H3,(H,28,29). The fraction of sp³-hybridized carbons (Fsp3) is 0.292. The van der Waals surface area contributed by atoms with Crippen LogP contribution in [-0.4, -0.2) is 70.5 Å². The molecule has 32 heavy (non-hydrogen) atoms. The molecule has 3 aromatic rings. The minimum Gasteiger partial charge on any atom is -0.497 e. The molecular formula is C24H25N3O5. The lowest BCUT2D eigenvalue weighted by atomic mass is 10.0. The van der Waals surface area contributed by atoms with Crippen LogP contribution < -0.4 is 4.74 Å². The Labute approximate surface area is 185 Å². The Bertz CT molecular complexity index is 1140. The van der Waals surface area contributed by atoms with Gasteiger partial charge in [0, 0.05) is 48.4 Å². The van der Waals surface area contributed by atoms with E-state index in [0.29, 0.717) is 31.6 Å². The van der Waals surface area contributed by atoms with Crippen LogP contribution in [0.2, 0.25) is 0 Å². The van der Waals surface area contributed by atoms with Crippen LogP contribution in [0.4, 0.5) is 0 Å². The molecule has 1 unspecified atom stereocenters. The maximum absolute atomic E-state index is 13.2. The van der Waals surface area contributed by atoms with E-state index in [1.807, 2.05) is 24.4 Å². The number of hydrogen-bond donors (Lipinski definition) is 2. The van der Waals surface area contributed by atoms with Gasteiger partial charge in [0.05, 0.1) is 13.5 Å². The van der Waals surface area contributed by atoms with Crippen LogP contribution in [-0.2, 0) is 16.0 Å². The molecule has 0 saturated carbocycles. The summed E-state index contributed by atoms with van der Waals surface area (Å²) in [6.07, 6.45) is 2.11. The predicted octanol–water partition coefficient (Wildman–Crippen LogP) is 2.55. The van der Waals surface area contributed by atoms with Crippen molar-refractivity contribution in [2.24, 2.45) is 0 Å². The monoisotopic (exact) mass is 435 g/mol. The molecular weight excluding hydrogens is 410 g/mol. The number of nitrogens with one attached hydrogen (secondary N) is 1. The van der Waals surface area contributed by atoms with Crippen molar-refractivity contribution in [3.05, 3.63) is 65.9 Å². The number of ether oxygens (including phenoxy) is 1. The van der Waals surface area contributed by atoms with Crippen LogP contribution in [0.3, 0.4) is 0 Å². The third kappa shape index (κ3) is 4.30. The minimum absolute atomic E-state index is 0.294. The summed E-state index contributed by atoms with van der Waals surface area (Å²) in [7, 11) is 1.62. The molecule has 8 heteroatoms. The highest BCUT2D eigenvalue weighted by Crippen LogP contribution is 2.24. The van der Waals surface area contributed by atoms with Crippen molar-refractivity contribution in [2.45, 2.75) is 18.9 Å². The molecule has 4 rings (SSSR count). The van der Waals surface area contributed by atoms with Crippen molar-refractivity contribution in [3.63, 3.8) is 0 Å². The van der Waals surface area contributed by atoms with E-state index < -0.39 is 18.4 Å². The zero-order valence-corrected chi connectivity index (χ0v) is 17.8. The molecule has 1 aliphatic heterocycles. The molecule has 1 saturated heterocycles. The number of fused-ring (bicyclic) bond motifs is 1. The number of methoxy groups -OCH3 is 1. The number of rotatable bonds is 7. The number of carboxylic acid groups (broad SMARTS) is 1. The highest BCUT2D eigenvalue weighted by molar-refractivity contribution is 5.99. The summed E-state index contributed by atoms with van der Waals surface area (Å²) in [4.78, 5) is 43.8. The van der Waals surface area contributed by atoms with Gasteiger partial charge in [-0.3, -0.25) is 14.4 Å². The highest BCUT2D eigenvalue weighted by Gasteiger charge is 2.38. The molecule has 2 amide bonds. The lowest BCUT2D eigenvalue weighted by molar-refractivity contribution is -0.147. The van der Waals surface area contributed by atoms with Gasteiger partial charge >= 0.3 is 5.97 Å². The number of aromatic nitrogens is 1. The summed E-state index contributed by atoms with van der Waals surface area (Å²) in [5.41, 5.74) is 2.46. The summed E-state index contributed by atoms with van der Waals surface area (Å²) >= 11 is 0. The van der Waals surface area contributed by atoms with E-state index in [4.69, 9.17) is 4.74 Å². The van der Waals surface area contributed by atoms with Gasteiger partial charge in [-0.05, 0) is 36.2 Å². The van der Waals surface area contributed by atoms with E-state index in [0.717, 1.165) is 22.2 Å². The SMILES string of the molecule is COc1ccc2c(CCN3CCN(C(=O)c4ccccc4)C(CC(=O)O)C3=O)c[nH]c2c1. The molecule has 0 bridgehead atoms. The number of carbonyl (C=O) groups is 3. The van der Waals surface area contributed by atoms with Gasteiger partial charge in [0.25, 0.3) is 5.91 Å². The summed E-state index contributed by atoms with van der Waals surface area (Å²) in [5, 5.41) is 10.4. The molecule has 2 aromatic carbocycles. The second kappa shape index (κ2) is 9.13. The van der Waals surface area contributed by atoms with Gasteiger partial charge in [-0.25, -0.2) is 0 Å². The third-order valence-corrected chi connectivity index (χ3v) is 5.86. The molecule has 2 heterocycles. The third-order valence-electron chi connectivity index (χ3n) is 5.86. The number of aliphatic carboxylic acids is 1. The Morgan fingerprint density at radius 1 is 1.16 bits per heavy atom. The number of piperazine rings is 1. The molecule has 0 spiro atoms. The Kier molecular flexibility index (Phi) is 6.11. The predicted molar refractivity (Wildman–Crippen MR) is 119 cm³/mol. The molecule has 166 valence electrons. The number of carboxylic acids is 1. The zero-order chi connectivity index (χ0) is 22.7. The Morgan fingerprint density at radius 2 is 1.94 bits per heavy atom. The second-order valence-electron chi connectivity index (χ2n) is 7.78. The van der Waals surface area contributed by atoms with E-state index in [9.17, 15) is 19.5 Å². The van der Waals surface area contributed by atoms with Crippen molar-refractivity contribution in [1.82, 2.24) is 14.8 Å². The van der Waals surface area contributed by atoms with Crippen molar-refractivity contribution in [1.29, 1.82) is 0 Å². The number of benzene rings is 2. The number of nitrogens with zero attached hydrogens (tertiary/aromatic N) is 2. The number of hydrogen-bond acceptors (Lipinski definition) is 4. The Balaban J connectivity index is 1.49. The molecule has 1 aliphatic rings. The lowest BCUT2D eigenvalue weighted by Gasteiger charge is -2.40. The van der Waals surface area contributed by atoms with Gasteiger partial charge in [0.1, 0.15) is 11.8 Å². The van der Waals surface area contributed by atoms with Crippen molar-refractivity contribution >= 4 is 28.7 Å². The number of H-pyrrole nitrogens is 1. The van der Waals surface area contributed by atoms with Crippen LogP contribution in [0.5, 0.6) is 5.75 Å². The summed E-state index contributed by atoms with van der Waals surface area (Å²) in [5.74, 6) is -1.00. The van der Waals surface area contributed by atoms with Crippen molar-refractivity contribution < 1.29 is 24.2 Å². The normalized spacial score (nSPS) is 16.4. The Morgan fingerprint density at radius 3 is 2.66 bits per heavy atom. The second-order valence-corrected chi connectivity index (χ2v) is 7.78. The van der Waals surface area contributed by atoms with Gasteiger partial charge in [0.15, 0.2) is 0 Å². The van der Waals surface area contributed by atoms with Gasteiger partial charge in [-0.1, -0.05) is 18.2 Å². The van der Waals surface area contributed by atoms with Crippen LogP contribution in [0, 0.1) is 0 Å². The van der Waals surface area contributed by atoms with Crippen LogP contribution in [0.1, 0.15) is 22.3 Å². The van der Waals surface area contributed by atoms with Gasteiger partial charge in [0.2, 0.25) is 5.91 Å². The molecule has 1 atom stereocenters. The smallest absolute Gasteiger partial charge is 0.305 e. The molecule has 8 nitrogen and oxygen atoms in total. The van der Waals surface area contributed by atoms with Gasteiger partial charge in [-0.2, -0.15) is 0 Å². The number of aromatic amines is 1. The van der Waals surface area contributed by atoms with Crippen LogP contribution in [0.25, 0.3) is 10.9 Å². The van der Waals surface area contributed by atoms with Crippen molar-refractivity contribution in [3.8, 4) is 5.75 Å². The molecule has 0 aliphatic carbocycles. The van der Waals surface area contributed by atoms with Crippen LogP contribution >= 0.6 is 0 Å². The number of carbonyl (C=O) groups excluding carboxylic acids is 2. The first-order valence-corrected chi connectivity index (χ1v) is 10.5. The van der Waals surface area contributed by atoms with Crippen LogP contribution in [0.15, 0.2) is 54.7 Å². The minimum atomic E-state index is -1.11. The van der Waals surface area contributed by atoms with E-state index in [1.165, 1.54) is 4.90 Å². The molecule has 1 fully saturated rings. The maximum Gasteiger partial charge on any atom is 0.305 e. The largest absolute Gasteiger partial charge is 0.497 e. The van der Waals surface area contributed by atoms with Crippen molar-refractivity contribution in [2.75, 3.05) is 26.7 Å². The first-order valence-electron chi connectivity index (χ1n) is 10.5. The van der Waals surface area contributed by atoms with E-state index >= 15 is 0 Å². The first kappa shape index (κ1) is 21.4. The molecule has 1 aromatic heterocycles. The highest BCUT2D eigenvalue weighted by atomic mass is 16.5. The summed E-state index contributed by atoms with van der Waals surface area (Å²) in [6, 6.07) is 13.4. The van der Waals surface area contributed by atoms with Gasteiger partial charge in [-0.15, -0.1) is 0 Å². The first-order chi connectivity index (χ1) is 15.5. The topological polar surface area (TPSA) is 103 Å².